The number of benzene rings is 3. The van der Waals surface area contributed by atoms with Gasteiger partial charge in [-0.15, -0.1) is 0 Å². The Labute approximate surface area is 292 Å². The molecule has 0 aliphatic rings. The standard InChI is InChI=1S/C34H39F9O6S2/c1-28(2,3)46-22-10-16-25(17-11-22)50(26-18-12-23(13-19-26)47-29(4,5)6,27-20-14-24(15-21-27)48-30(7,8)9)49-51(44,45)34(42,43)32(37,38)31(35,36)33(39,40)41/h10-21H,1-9H3. The summed E-state index contributed by atoms with van der Waals surface area (Å²) in [6, 6.07) is 14.8. The van der Waals surface area contributed by atoms with Gasteiger partial charge in [-0.3, -0.25) is 0 Å². The van der Waals surface area contributed by atoms with E-state index in [1.54, 1.807) is 62.3 Å². The van der Waals surface area contributed by atoms with Crippen LogP contribution in [0.4, 0.5) is 39.5 Å². The first-order valence-corrected chi connectivity index (χ1v) is 18.1. The maximum Gasteiger partial charge on any atom is 0.460 e. The zero-order valence-corrected chi connectivity index (χ0v) is 30.7. The molecule has 0 amide bonds. The summed E-state index contributed by atoms with van der Waals surface area (Å²) >= 11 is 0. The highest BCUT2D eigenvalue weighted by atomic mass is 32.3. The fourth-order valence-corrected chi connectivity index (χ4v) is 9.56. The van der Waals surface area contributed by atoms with E-state index in [9.17, 15) is 39.2 Å². The second kappa shape index (κ2) is 13.6. The summed E-state index contributed by atoms with van der Waals surface area (Å²) in [6.45, 7) is 15.3. The largest absolute Gasteiger partial charge is 0.488 e. The Morgan fingerprint density at radius 1 is 0.431 bits per heavy atom. The van der Waals surface area contributed by atoms with Crippen LogP contribution in [0.15, 0.2) is 87.5 Å². The molecule has 0 aliphatic carbocycles. The topological polar surface area (TPSA) is 71.1 Å². The van der Waals surface area contributed by atoms with Crippen molar-refractivity contribution in [2.75, 3.05) is 0 Å². The van der Waals surface area contributed by atoms with Gasteiger partial charge in [-0.25, -0.2) is 3.63 Å². The third kappa shape index (κ3) is 9.02. The Morgan fingerprint density at radius 3 is 0.902 bits per heavy atom. The highest BCUT2D eigenvalue weighted by molar-refractivity contribution is 8.33. The summed E-state index contributed by atoms with van der Waals surface area (Å²) in [6.07, 6.45) is -7.27. The van der Waals surface area contributed by atoms with Crippen LogP contribution in [0, 0.1) is 0 Å². The van der Waals surface area contributed by atoms with Crippen LogP contribution in [-0.4, -0.2) is 48.5 Å². The molecule has 0 aromatic heterocycles. The van der Waals surface area contributed by atoms with Crippen LogP contribution in [0.2, 0.25) is 0 Å². The van der Waals surface area contributed by atoms with Gasteiger partial charge in [0.2, 0.25) is 0 Å². The summed E-state index contributed by atoms with van der Waals surface area (Å²) in [5.74, 6) is -14.5. The lowest BCUT2D eigenvalue weighted by Crippen LogP contribution is -2.63. The lowest BCUT2D eigenvalue weighted by Gasteiger charge is -2.41. The fourth-order valence-electron chi connectivity index (χ4n) is 4.38. The molecule has 6 nitrogen and oxygen atoms in total. The van der Waals surface area contributed by atoms with Crippen molar-refractivity contribution in [3.8, 4) is 17.2 Å². The molecule has 0 unspecified atom stereocenters. The molecule has 286 valence electrons. The molecule has 17 heteroatoms. The molecule has 0 radical (unpaired) electrons. The second-order valence-corrected chi connectivity index (χ2v) is 18.8. The summed E-state index contributed by atoms with van der Waals surface area (Å²) in [5, 5.41) is -7.13. The van der Waals surface area contributed by atoms with Crippen LogP contribution in [0.25, 0.3) is 0 Å². The van der Waals surface area contributed by atoms with Gasteiger partial charge in [0.15, 0.2) is 0 Å². The first-order chi connectivity index (χ1) is 22.8. The van der Waals surface area contributed by atoms with Crippen LogP contribution in [0.1, 0.15) is 62.3 Å². The highest BCUT2D eigenvalue weighted by Crippen LogP contribution is 2.72. The number of hydrogen-bond acceptors (Lipinski definition) is 6. The van der Waals surface area contributed by atoms with Crippen molar-refractivity contribution in [2.45, 2.75) is 117 Å². The third-order valence-electron chi connectivity index (χ3n) is 6.36. The van der Waals surface area contributed by atoms with Gasteiger partial charge in [0.25, 0.3) is 0 Å². The predicted molar refractivity (Wildman–Crippen MR) is 174 cm³/mol. The van der Waals surface area contributed by atoms with Gasteiger partial charge in [0, 0.05) is 14.7 Å². The molecule has 3 rings (SSSR count). The van der Waals surface area contributed by atoms with Gasteiger partial charge < -0.3 is 14.2 Å². The molecule has 3 aromatic carbocycles. The van der Waals surface area contributed by atoms with Crippen molar-refractivity contribution in [3.05, 3.63) is 72.8 Å². The van der Waals surface area contributed by atoms with E-state index in [-0.39, 0.29) is 31.9 Å². The van der Waals surface area contributed by atoms with E-state index >= 15 is 8.78 Å². The van der Waals surface area contributed by atoms with E-state index in [0.717, 1.165) is 0 Å². The third-order valence-corrected chi connectivity index (χ3v) is 11.6. The van der Waals surface area contributed by atoms with Crippen LogP contribution in [-0.2, 0) is 13.7 Å². The van der Waals surface area contributed by atoms with Crippen molar-refractivity contribution in [2.24, 2.45) is 0 Å². The Hall–Kier alpha value is -3.31. The Kier molecular flexibility index (Phi) is 11.2. The minimum absolute atomic E-state index is 0.187. The SMILES string of the molecule is CC(C)(C)Oc1ccc(S(OS(=O)(=O)C(F)(F)C(F)(F)C(F)(F)C(F)(F)F)(c2ccc(OC(C)(C)C)cc2)c2ccc(OC(C)(C)C)cc2)cc1. The molecule has 0 saturated carbocycles. The summed E-state index contributed by atoms with van der Waals surface area (Å²) in [7, 11) is -11.7. The first-order valence-electron chi connectivity index (χ1n) is 15.1. The van der Waals surface area contributed by atoms with E-state index in [4.69, 9.17) is 17.8 Å². The van der Waals surface area contributed by atoms with E-state index < -0.39 is 60.5 Å². The molecule has 0 heterocycles. The van der Waals surface area contributed by atoms with Gasteiger partial charge in [-0.05, 0) is 145 Å². The molecule has 0 atom stereocenters. The molecular formula is C34H39F9O6S2. The first kappa shape index (κ1) is 42.1. The number of hydrogen-bond donors (Lipinski definition) is 0. The number of ether oxygens (including phenoxy) is 3. The summed E-state index contributed by atoms with van der Waals surface area (Å²) in [4.78, 5) is -0.825. The summed E-state index contributed by atoms with van der Waals surface area (Å²) < 4.78 is 176. The number of halogens is 9. The zero-order valence-electron chi connectivity index (χ0n) is 29.1. The Bertz CT molecular complexity index is 1610. The van der Waals surface area contributed by atoms with E-state index in [1.807, 2.05) is 0 Å². The quantitative estimate of drug-likeness (QED) is 0.181. The average molecular weight is 779 g/mol. The normalized spacial score (nSPS) is 14.6. The second-order valence-electron chi connectivity index (χ2n) is 14.3. The molecule has 3 aromatic rings. The van der Waals surface area contributed by atoms with E-state index in [2.05, 4.69) is 0 Å². The predicted octanol–water partition coefficient (Wildman–Crippen LogP) is 11.2. The van der Waals surface area contributed by atoms with Crippen molar-refractivity contribution in [3.63, 3.8) is 0 Å². The maximum absolute atomic E-state index is 15.3. The highest BCUT2D eigenvalue weighted by Gasteiger charge is 2.86. The van der Waals surface area contributed by atoms with E-state index in [1.165, 1.54) is 72.8 Å². The van der Waals surface area contributed by atoms with Gasteiger partial charge >= 0.3 is 33.4 Å². The van der Waals surface area contributed by atoms with Gasteiger partial charge in [-0.1, -0.05) is 0 Å². The van der Waals surface area contributed by atoms with E-state index in [0.29, 0.717) is 0 Å². The van der Waals surface area contributed by atoms with Crippen molar-refractivity contribution in [1.29, 1.82) is 0 Å². The fraction of sp³-hybridized carbons (Fsp3) is 0.471. The minimum atomic E-state index is -7.53. The number of alkyl halides is 9. The lowest BCUT2D eigenvalue weighted by molar-refractivity contribution is -0.382. The average Bonchev–Trinajstić information content (AvgIpc) is 2.94. The Balaban J connectivity index is 2.44. The molecule has 51 heavy (non-hydrogen) atoms. The molecule has 0 fully saturated rings. The number of rotatable bonds is 11. The zero-order chi connectivity index (χ0) is 39.3. The molecule has 0 saturated heterocycles. The molecule has 0 spiro atoms. The molecule has 0 aliphatic heterocycles. The van der Waals surface area contributed by atoms with Crippen LogP contribution < -0.4 is 14.2 Å². The molecule has 0 bridgehead atoms. The smallest absolute Gasteiger partial charge is 0.460 e. The van der Waals surface area contributed by atoms with Crippen LogP contribution in [0.3, 0.4) is 0 Å². The summed E-state index contributed by atoms with van der Waals surface area (Å²) in [5.41, 5.74) is -2.27. The van der Waals surface area contributed by atoms with Crippen molar-refractivity contribution < 1.29 is 65.8 Å². The van der Waals surface area contributed by atoms with Gasteiger partial charge in [0.1, 0.15) is 34.1 Å². The van der Waals surface area contributed by atoms with Gasteiger partial charge in [-0.2, -0.15) is 47.9 Å². The molecule has 0 N–H and O–H groups in total. The maximum atomic E-state index is 15.3. The minimum Gasteiger partial charge on any atom is -0.488 e. The van der Waals surface area contributed by atoms with Crippen LogP contribution >= 0.6 is 10.3 Å². The van der Waals surface area contributed by atoms with Crippen molar-refractivity contribution >= 4 is 20.4 Å². The van der Waals surface area contributed by atoms with Crippen molar-refractivity contribution in [1.82, 2.24) is 0 Å². The lowest BCUT2D eigenvalue weighted by atomic mass is 10.1. The van der Waals surface area contributed by atoms with Gasteiger partial charge in [0.05, 0.1) is 0 Å². The monoisotopic (exact) mass is 778 g/mol. The van der Waals surface area contributed by atoms with Crippen LogP contribution in [0.5, 0.6) is 17.2 Å². The molecular weight excluding hydrogens is 739 g/mol. The Morgan fingerprint density at radius 2 is 0.686 bits per heavy atom.